The Labute approximate surface area is 131 Å². The highest BCUT2D eigenvalue weighted by Crippen LogP contribution is 2.19. The first-order valence-corrected chi connectivity index (χ1v) is 7.68. The van der Waals surface area contributed by atoms with Crippen LogP contribution in [-0.2, 0) is 0 Å². The molecule has 0 aliphatic carbocycles. The molecular weight excluding hydrogens is 274 g/mol. The fourth-order valence-electron chi connectivity index (χ4n) is 2.67. The maximum Gasteiger partial charge on any atom is 0.138 e. The van der Waals surface area contributed by atoms with Gasteiger partial charge in [-0.05, 0) is 55.8 Å². The summed E-state index contributed by atoms with van der Waals surface area (Å²) in [7, 11) is 2.14. The lowest BCUT2D eigenvalue weighted by Gasteiger charge is -2.29. The van der Waals surface area contributed by atoms with E-state index in [4.69, 9.17) is 4.74 Å². The lowest BCUT2D eigenvalue weighted by molar-refractivity contribution is 0.104. The van der Waals surface area contributed by atoms with Crippen molar-refractivity contribution < 1.29 is 4.74 Å². The Morgan fingerprint density at radius 1 is 1.14 bits per heavy atom. The number of aromatic nitrogens is 2. The number of ether oxygens (including phenoxy) is 1. The number of hydrogen-bond donors (Lipinski definition) is 0. The van der Waals surface area contributed by atoms with E-state index in [2.05, 4.69) is 28.0 Å². The van der Waals surface area contributed by atoms with Gasteiger partial charge in [-0.1, -0.05) is 12.2 Å². The van der Waals surface area contributed by atoms with Gasteiger partial charge in [0.2, 0.25) is 0 Å². The zero-order valence-corrected chi connectivity index (χ0v) is 12.9. The Kier molecular flexibility index (Phi) is 4.81. The van der Waals surface area contributed by atoms with Gasteiger partial charge in [0.05, 0.1) is 6.20 Å². The summed E-state index contributed by atoms with van der Waals surface area (Å²) in [5, 5.41) is 0. The third kappa shape index (κ3) is 4.15. The second-order valence-electron chi connectivity index (χ2n) is 5.71. The van der Waals surface area contributed by atoms with Crippen LogP contribution < -0.4 is 4.74 Å². The first-order chi connectivity index (χ1) is 10.8. The van der Waals surface area contributed by atoms with E-state index in [1.165, 1.54) is 6.42 Å². The van der Waals surface area contributed by atoms with E-state index in [1.54, 1.807) is 18.6 Å². The van der Waals surface area contributed by atoms with Crippen LogP contribution in [0.1, 0.15) is 24.0 Å². The van der Waals surface area contributed by atoms with Crippen LogP contribution in [0.4, 0.5) is 0 Å². The van der Waals surface area contributed by atoms with E-state index >= 15 is 0 Å². The van der Waals surface area contributed by atoms with Gasteiger partial charge >= 0.3 is 0 Å². The molecule has 0 amide bonds. The number of rotatable bonds is 4. The van der Waals surface area contributed by atoms with Crippen LogP contribution in [0, 0.1) is 0 Å². The van der Waals surface area contributed by atoms with Crippen molar-refractivity contribution in [3.8, 4) is 5.75 Å². The Morgan fingerprint density at radius 3 is 2.77 bits per heavy atom. The van der Waals surface area contributed by atoms with Crippen LogP contribution in [-0.4, -0.2) is 41.1 Å². The first kappa shape index (κ1) is 14.7. The maximum absolute atomic E-state index is 6.07. The summed E-state index contributed by atoms with van der Waals surface area (Å²) >= 11 is 0. The van der Waals surface area contributed by atoms with Gasteiger partial charge in [0.25, 0.3) is 0 Å². The highest BCUT2D eigenvalue weighted by Gasteiger charge is 2.18. The van der Waals surface area contributed by atoms with Gasteiger partial charge < -0.3 is 9.64 Å². The molecule has 1 aliphatic heterocycles. The number of pyridine rings is 2. The lowest BCUT2D eigenvalue weighted by Crippen LogP contribution is -2.38. The van der Waals surface area contributed by atoms with Crippen molar-refractivity contribution in [1.82, 2.24) is 14.9 Å². The van der Waals surface area contributed by atoms with Crippen LogP contribution in [0.5, 0.6) is 5.75 Å². The number of likely N-dealkylation sites (tertiary alicyclic amines) is 1. The van der Waals surface area contributed by atoms with Crippen LogP contribution in [0.25, 0.3) is 12.2 Å². The number of piperidine rings is 1. The van der Waals surface area contributed by atoms with Crippen molar-refractivity contribution in [2.75, 3.05) is 20.1 Å². The molecule has 0 radical (unpaired) electrons. The molecule has 1 saturated heterocycles. The van der Waals surface area contributed by atoms with Gasteiger partial charge in [-0.2, -0.15) is 0 Å². The molecule has 1 atom stereocenters. The third-order valence-electron chi connectivity index (χ3n) is 3.79. The molecule has 3 rings (SSSR count). The summed E-state index contributed by atoms with van der Waals surface area (Å²) in [6, 6.07) is 5.99. The molecule has 1 unspecified atom stereocenters. The first-order valence-electron chi connectivity index (χ1n) is 7.68. The topological polar surface area (TPSA) is 38.2 Å². The van der Waals surface area contributed by atoms with Crippen molar-refractivity contribution in [2.24, 2.45) is 0 Å². The summed E-state index contributed by atoms with van der Waals surface area (Å²) in [5.74, 6) is 0.845. The molecule has 4 heteroatoms. The number of hydrogen-bond acceptors (Lipinski definition) is 4. The summed E-state index contributed by atoms with van der Waals surface area (Å²) in [5.41, 5.74) is 2.16. The molecule has 2 aromatic heterocycles. The molecule has 0 bridgehead atoms. The quantitative estimate of drug-likeness (QED) is 0.868. The molecule has 0 aromatic carbocycles. The van der Waals surface area contributed by atoms with E-state index in [-0.39, 0.29) is 6.10 Å². The van der Waals surface area contributed by atoms with Crippen molar-refractivity contribution in [3.05, 3.63) is 54.1 Å². The molecule has 3 heterocycles. The summed E-state index contributed by atoms with van der Waals surface area (Å²) in [6.45, 7) is 2.14. The third-order valence-corrected chi connectivity index (χ3v) is 3.79. The predicted octanol–water partition coefficient (Wildman–Crippen LogP) is 3.12. The van der Waals surface area contributed by atoms with Gasteiger partial charge in [0.15, 0.2) is 0 Å². The predicted molar refractivity (Wildman–Crippen MR) is 88.5 cm³/mol. The monoisotopic (exact) mass is 295 g/mol. The van der Waals surface area contributed by atoms with E-state index in [1.807, 2.05) is 30.5 Å². The number of likely N-dealkylation sites (N-methyl/N-ethyl adjacent to an activating group) is 1. The minimum Gasteiger partial charge on any atom is -0.487 e. The molecule has 22 heavy (non-hydrogen) atoms. The Hall–Kier alpha value is -2.20. The normalized spacial score (nSPS) is 19.4. The van der Waals surface area contributed by atoms with Crippen molar-refractivity contribution in [1.29, 1.82) is 0 Å². The average molecular weight is 295 g/mol. The SMILES string of the molecule is CN1CCCC(Oc2cncc(C=Cc3ccncc3)c2)C1. The van der Waals surface area contributed by atoms with E-state index < -0.39 is 0 Å². The standard InChI is InChI=1S/C18H21N3O/c1-21-10-2-3-17(14-21)22-18-11-16(12-20-13-18)5-4-15-6-8-19-9-7-15/h4-9,11-13,17H,2-3,10,14H2,1H3. The Morgan fingerprint density at radius 2 is 1.95 bits per heavy atom. The van der Waals surface area contributed by atoms with Gasteiger partial charge in [-0.3, -0.25) is 9.97 Å². The highest BCUT2D eigenvalue weighted by atomic mass is 16.5. The van der Waals surface area contributed by atoms with Crippen molar-refractivity contribution in [2.45, 2.75) is 18.9 Å². The van der Waals surface area contributed by atoms with Gasteiger partial charge in [-0.15, -0.1) is 0 Å². The number of nitrogens with zero attached hydrogens (tertiary/aromatic N) is 3. The molecule has 0 saturated carbocycles. The van der Waals surface area contributed by atoms with Crippen molar-refractivity contribution in [3.63, 3.8) is 0 Å². The largest absolute Gasteiger partial charge is 0.487 e. The smallest absolute Gasteiger partial charge is 0.138 e. The fourth-order valence-corrected chi connectivity index (χ4v) is 2.67. The van der Waals surface area contributed by atoms with Crippen LogP contribution in [0.3, 0.4) is 0 Å². The van der Waals surface area contributed by atoms with E-state index in [0.29, 0.717) is 0 Å². The molecular formula is C18H21N3O. The van der Waals surface area contributed by atoms with Crippen molar-refractivity contribution >= 4 is 12.2 Å². The summed E-state index contributed by atoms with van der Waals surface area (Å²) in [4.78, 5) is 10.6. The Bertz CT molecular complexity index is 627. The lowest BCUT2D eigenvalue weighted by atomic mass is 10.1. The zero-order chi connectivity index (χ0) is 15.2. The average Bonchev–Trinajstić information content (AvgIpc) is 2.54. The zero-order valence-electron chi connectivity index (χ0n) is 12.9. The summed E-state index contributed by atoms with van der Waals surface area (Å²) < 4.78 is 6.07. The van der Waals surface area contributed by atoms with Crippen LogP contribution in [0.2, 0.25) is 0 Å². The highest BCUT2D eigenvalue weighted by molar-refractivity contribution is 5.69. The fraction of sp³-hybridized carbons (Fsp3) is 0.333. The molecule has 0 spiro atoms. The second-order valence-corrected chi connectivity index (χ2v) is 5.71. The molecule has 1 fully saturated rings. The second kappa shape index (κ2) is 7.18. The molecule has 1 aliphatic rings. The minimum atomic E-state index is 0.264. The summed E-state index contributed by atoms with van der Waals surface area (Å²) in [6.07, 6.45) is 13.9. The minimum absolute atomic E-state index is 0.264. The Balaban J connectivity index is 1.66. The molecule has 114 valence electrons. The van der Waals surface area contributed by atoms with Crippen LogP contribution >= 0.6 is 0 Å². The van der Waals surface area contributed by atoms with E-state index in [0.717, 1.165) is 36.4 Å². The maximum atomic E-state index is 6.07. The molecule has 4 nitrogen and oxygen atoms in total. The molecule has 0 N–H and O–H groups in total. The van der Waals surface area contributed by atoms with Crippen LogP contribution in [0.15, 0.2) is 43.0 Å². The molecule has 2 aromatic rings. The van der Waals surface area contributed by atoms with E-state index in [9.17, 15) is 0 Å². The van der Waals surface area contributed by atoms with Gasteiger partial charge in [0.1, 0.15) is 11.9 Å². The van der Waals surface area contributed by atoms with Gasteiger partial charge in [0, 0.05) is 25.1 Å². The van der Waals surface area contributed by atoms with Gasteiger partial charge in [-0.25, -0.2) is 0 Å².